The van der Waals surface area contributed by atoms with Gasteiger partial charge in [-0.2, -0.15) is 5.10 Å². The molecule has 0 aliphatic rings. The Morgan fingerprint density at radius 3 is 2.92 bits per heavy atom. The maximum Gasteiger partial charge on any atom is 0.254 e. The van der Waals surface area contributed by atoms with Gasteiger partial charge in [0.2, 0.25) is 0 Å². The summed E-state index contributed by atoms with van der Waals surface area (Å²) in [6, 6.07) is 12.3. The van der Waals surface area contributed by atoms with Crippen molar-refractivity contribution in [1.82, 2.24) is 24.5 Å². The molecule has 0 aliphatic heterocycles. The fraction of sp³-hybridized carbons (Fsp3) is 0.250. The van der Waals surface area contributed by atoms with Crippen molar-refractivity contribution in [3.05, 3.63) is 65.7 Å². The van der Waals surface area contributed by atoms with Crippen LogP contribution in [0.25, 0.3) is 16.6 Å². The van der Waals surface area contributed by atoms with Crippen molar-refractivity contribution >= 4 is 22.5 Å². The van der Waals surface area contributed by atoms with Crippen LogP contribution in [0.3, 0.4) is 0 Å². The Labute approximate surface area is 151 Å². The molecule has 0 unspecified atom stereocenters. The second-order valence-electron chi connectivity index (χ2n) is 6.49. The number of carbonyl (C=O) groups is 1. The molecule has 0 saturated heterocycles. The molecule has 1 amide bonds. The van der Waals surface area contributed by atoms with Crippen molar-refractivity contribution in [3.8, 4) is 0 Å². The average Bonchev–Trinajstić information content (AvgIpc) is 3.22. The Morgan fingerprint density at radius 2 is 2.04 bits per heavy atom. The van der Waals surface area contributed by atoms with E-state index in [-0.39, 0.29) is 5.91 Å². The van der Waals surface area contributed by atoms with E-state index in [9.17, 15) is 4.79 Å². The van der Waals surface area contributed by atoms with Crippen molar-refractivity contribution in [2.45, 2.75) is 26.8 Å². The molecule has 1 aromatic carbocycles. The van der Waals surface area contributed by atoms with E-state index < -0.39 is 0 Å². The smallest absolute Gasteiger partial charge is 0.254 e. The van der Waals surface area contributed by atoms with Gasteiger partial charge in [-0.15, -0.1) is 0 Å². The van der Waals surface area contributed by atoms with E-state index in [0.717, 1.165) is 30.0 Å². The Hall–Kier alpha value is -3.15. The van der Waals surface area contributed by atoms with Crippen LogP contribution < -0.4 is 5.32 Å². The molecule has 4 rings (SSSR count). The van der Waals surface area contributed by atoms with Crippen molar-refractivity contribution in [3.63, 3.8) is 0 Å². The van der Waals surface area contributed by atoms with Crippen molar-refractivity contribution in [2.24, 2.45) is 0 Å². The molecule has 26 heavy (non-hydrogen) atoms. The van der Waals surface area contributed by atoms with E-state index in [1.807, 2.05) is 32.0 Å². The Balaban J connectivity index is 1.39. The lowest BCUT2D eigenvalue weighted by Gasteiger charge is -2.09. The van der Waals surface area contributed by atoms with E-state index in [1.165, 1.54) is 10.9 Å². The Kier molecular flexibility index (Phi) is 4.16. The Morgan fingerprint density at radius 1 is 1.19 bits per heavy atom. The summed E-state index contributed by atoms with van der Waals surface area (Å²) in [4.78, 5) is 16.8. The van der Waals surface area contributed by atoms with Crippen molar-refractivity contribution in [2.75, 3.05) is 6.54 Å². The van der Waals surface area contributed by atoms with E-state index >= 15 is 0 Å². The zero-order valence-electron chi connectivity index (χ0n) is 14.9. The summed E-state index contributed by atoms with van der Waals surface area (Å²) in [5.41, 5.74) is 4.23. The maximum atomic E-state index is 12.5. The third-order valence-corrected chi connectivity index (χ3v) is 4.63. The monoisotopic (exact) mass is 347 g/mol. The van der Waals surface area contributed by atoms with E-state index in [1.54, 1.807) is 10.7 Å². The minimum absolute atomic E-state index is 0.109. The number of nitrogens with one attached hydrogen (secondary N) is 1. The molecular weight excluding hydrogens is 326 g/mol. The summed E-state index contributed by atoms with van der Waals surface area (Å²) in [6.45, 7) is 5.28. The number of rotatable bonds is 5. The number of aryl methyl sites for hydroxylation is 3. The second-order valence-corrected chi connectivity index (χ2v) is 6.49. The number of aromatic nitrogens is 4. The molecule has 3 aromatic heterocycles. The largest absolute Gasteiger partial charge is 0.352 e. The Bertz CT molecular complexity index is 1090. The van der Waals surface area contributed by atoms with E-state index in [2.05, 4.69) is 44.4 Å². The van der Waals surface area contributed by atoms with Crippen LogP contribution in [0, 0.1) is 13.8 Å². The van der Waals surface area contributed by atoms with Crippen LogP contribution in [0.1, 0.15) is 28.2 Å². The minimum Gasteiger partial charge on any atom is -0.352 e. The van der Waals surface area contributed by atoms with Gasteiger partial charge < -0.3 is 9.88 Å². The summed E-state index contributed by atoms with van der Waals surface area (Å²) in [5, 5.41) is 8.61. The number of carbonyl (C=O) groups excluding carboxylic acids is 1. The normalized spacial score (nSPS) is 11.3. The van der Waals surface area contributed by atoms with Crippen LogP contribution in [0.15, 0.2) is 48.8 Å². The molecule has 0 saturated carbocycles. The van der Waals surface area contributed by atoms with Gasteiger partial charge in [-0.05, 0) is 37.8 Å². The first kappa shape index (κ1) is 16.3. The van der Waals surface area contributed by atoms with Crippen LogP contribution in [0.5, 0.6) is 0 Å². The molecule has 3 heterocycles. The van der Waals surface area contributed by atoms with Crippen LogP contribution in [0.2, 0.25) is 0 Å². The zero-order chi connectivity index (χ0) is 18.1. The summed E-state index contributed by atoms with van der Waals surface area (Å²) < 4.78 is 3.93. The summed E-state index contributed by atoms with van der Waals surface area (Å²) in [6.07, 6.45) is 4.58. The number of benzene rings is 1. The predicted octanol–water partition coefficient (Wildman–Crippen LogP) is 3.12. The second kappa shape index (κ2) is 6.63. The molecule has 0 spiro atoms. The molecule has 4 aromatic rings. The third-order valence-electron chi connectivity index (χ3n) is 4.63. The lowest BCUT2D eigenvalue weighted by atomic mass is 10.2. The number of fused-ring (bicyclic) bond motifs is 2. The van der Waals surface area contributed by atoms with Gasteiger partial charge in [-0.3, -0.25) is 4.79 Å². The molecule has 1 N–H and O–H groups in total. The highest BCUT2D eigenvalue weighted by atomic mass is 16.1. The predicted molar refractivity (Wildman–Crippen MR) is 101 cm³/mol. The van der Waals surface area contributed by atoms with Crippen molar-refractivity contribution in [1.29, 1.82) is 0 Å². The highest BCUT2D eigenvalue weighted by Gasteiger charge is 2.13. The number of hydrogen-bond acceptors (Lipinski definition) is 3. The lowest BCUT2D eigenvalue weighted by molar-refractivity contribution is 0.0951. The first-order chi connectivity index (χ1) is 12.6. The highest BCUT2D eigenvalue weighted by molar-refractivity contribution is 5.95. The average molecular weight is 347 g/mol. The van der Waals surface area contributed by atoms with Gasteiger partial charge in [-0.25, -0.2) is 9.50 Å². The summed E-state index contributed by atoms with van der Waals surface area (Å²) in [7, 11) is 0. The zero-order valence-corrected chi connectivity index (χ0v) is 14.9. The molecule has 6 heteroatoms. The fourth-order valence-electron chi connectivity index (χ4n) is 3.27. The SMILES string of the molecule is Cc1cc2ncc(C(=O)NCCCn3ccc4ccccc43)c(C)n2n1. The molecule has 0 fully saturated rings. The molecular formula is C20H21N5O. The molecule has 0 aliphatic carbocycles. The summed E-state index contributed by atoms with van der Waals surface area (Å²) in [5.74, 6) is -0.109. The third kappa shape index (κ3) is 2.94. The number of para-hydroxylation sites is 1. The molecule has 0 atom stereocenters. The van der Waals surface area contributed by atoms with Gasteiger partial charge in [0.15, 0.2) is 5.65 Å². The van der Waals surface area contributed by atoms with Gasteiger partial charge in [0, 0.05) is 37.1 Å². The summed E-state index contributed by atoms with van der Waals surface area (Å²) >= 11 is 0. The van der Waals surface area contributed by atoms with Gasteiger partial charge in [0.25, 0.3) is 5.91 Å². The number of hydrogen-bond donors (Lipinski definition) is 1. The highest BCUT2D eigenvalue weighted by Crippen LogP contribution is 2.15. The van der Waals surface area contributed by atoms with E-state index in [4.69, 9.17) is 0 Å². The van der Waals surface area contributed by atoms with Crippen LogP contribution >= 0.6 is 0 Å². The minimum atomic E-state index is -0.109. The van der Waals surface area contributed by atoms with Crippen molar-refractivity contribution < 1.29 is 4.79 Å². The molecule has 0 bridgehead atoms. The molecule has 132 valence electrons. The first-order valence-corrected chi connectivity index (χ1v) is 8.77. The van der Waals surface area contributed by atoms with Crippen LogP contribution in [-0.2, 0) is 6.54 Å². The van der Waals surface area contributed by atoms with Gasteiger partial charge in [0.1, 0.15) is 0 Å². The number of amides is 1. The van der Waals surface area contributed by atoms with Gasteiger partial charge >= 0.3 is 0 Å². The molecule has 0 radical (unpaired) electrons. The van der Waals surface area contributed by atoms with Gasteiger partial charge in [-0.1, -0.05) is 18.2 Å². The fourth-order valence-corrected chi connectivity index (χ4v) is 3.27. The van der Waals surface area contributed by atoms with Gasteiger partial charge in [0.05, 0.1) is 17.0 Å². The quantitative estimate of drug-likeness (QED) is 0.564. The lowest BCUT2D eigenvalue weighted by Crippen LogP contribution is -2.26. The van der Waals surface area contributed by atoms with E-state index in [0.29, 0.717) is 12.1 Å². The maximum absolute atomic E-state index is 12.5. The first-order valence-electron chi connectivity index (χ1n) is 8.77. The standard InChI is InChI=1S/C20H21N5O/c1-14-12-19-22-13-17(15(2)25(19)23-14)20(26)21-9-5-10-24-11-8-16-6-3-4-7-18(16)24/h3-4,6-8,11-13H,5,9-10H2,1-2H3,(H,21,26). The van der Waals surface area contributed by atoms with Crippen LogP contribution in [-0.4, -0.2) is 31.6 Å². The topological polar surface area (TPSA) is 64.2 Å². The number of nitrogens with zero attached hydrogens (tertiary/aromatic N) is 4. The van der Waals surface area contributed by atoms with Crippen LogP contribution in [0.4, 0.5) is 0 Å². The molecule has 6 nitrogen and oxygen atoms in total.